The van der Waals surface area contributed by atoms with E-state index in [1.165, 1.54) is 6.07 Å². The van der Waals surface area contributed by atoms with Crippen LogP contribution in [-0.4, -0.2) is 17.2 Å². The monoisotopic (exact) mass is 346 g/mol. The summed E-state index contributed by atoms with van der Waals surface area (Å²) < 4.78 is 18.6. The third kappa shape index (κ3) is 5.03. The fraction of sp³-hybridized carbons (Fsp3) is 0.222. The fourth-order valence-electron chi connectivity index (χ4n) is 1.94. The lowest BCUT2D eigenvalue weighted by Gasteiger charge is -2.12. The average Bonchev–Trinajstić information content (AvgIpc) is 2.51. The van der Waals surface area contributed by atoms with E-state index in [1.807, 2.05) is 0 Å². The number of esters is 1. The molecular weight excluding hydrogens is 327 g/mol. The number of hydrogen-bond donors (Lipinski definition) is 2. The van der Waals surface area contributed by atoms with Crippen molar-refractivity contribution < 1.29 is 13.9 Å². The summed E-state index contributed by atoms with van der Waals surface area (Å²) in [5.41, 5.74) is 2.31. The molecule has 0 radical (unpaired) electrons. The minimum Gasteiger partial charge on any atom is -0.459 e. The maximum Gasteiger partial charge on any atom is 0.338 e. The largest absolute Gasteiger partial charge is 0.459 e. The second-order valence-electron chi connectivity index (χ2n) is 5.57. The number of benzene rings is 2. The summed E-state index contributed by atoms with van der Waals surface area (Å²) in [6.07, 6.45) is -0.165. The molecule has 2 aromatic carbocycles. The van der Waals surface area contributed by atoms with Gasteiger partial charge in [-0.15, -0.1) is 0 Å². The highest BCUT2D eigenvalue weighted by molar-refractivity contribution is 7.80. The summed E-state index contributed by atoms with van der Waals surface area (Å²) in [4.78, 5) is 11.8. The van der Waals surface area contributed by atoms with Crippen molar-refractivity contribution in [2.45, 2.75) is 26.9 Å². The Kier molecular flexibility index (Phi) is 5.87. The third-order valence-electron chi connectivity index (χ3n) is 3.15. The van der Waals surface area contributed by atoms with Gasteiger partial charge in [-0.2, -0.15) is 0 Å². The molecule has 2 N–H and O–H groups in total. The van der Waals surface area contributed by atoms with Crippen LogP contribution in [0.25, 0.3) is 0 Å². The lowest BCUT2D eigenvalue weighted by molar-refractivity contribution is 0.0378. The third-order valence-corrected chi connectivity index (χ3v) is 3.36. The van der Waals surface area contributed by atoms with Gasteiger partial charge in [-0.1, -0.05) is 6.07 Å². The highest BCUT2D eigenvalue weighted by atomic mass is 32.1. The van der Waals surface area contributed by atoms with E-state index < -0.39 is 0 Å². The number of halogens is 1. The molecule has 2 aromatic rings. The van der Waals surface area contributed by atoms with E-state index in [0.29, 0.717) is 27.6 Å². The van der Waals surface area contributed by atoms with Gasteiger partial charge in [-0.05, 0) is 75.0 Å². The topological polar surface area (TPSA) is 50.4 Å². The molecule has 0 heterocycles. The number of carbonyl (C=O) groups excluding carboxylic acids is 1. The van der Waals surface area contributed by atoms with Crippen LogP contribution in [0.1, 0.15) is 29.8 Å². The van der Waals surface area contributed by atoms with Gasteiger partial charge in [0.2, 0.25) is 0 Å². The Balaban J connectivity index is 1.96. The van der Waals surface area contributed by atoms with Crippen LogP contribution in [0.3, 0.4) is 0 Å². The van der Waals surface area contributed by atoms with Gasteiger partial charge in [0.25, 0.3) is 0 Å². The molecule has 2 rings (SSSR count). The molecule has 126 valence electrons. The number of hydrogen-bond acceptors (Lipinski definition) is 3. The predicted molar refractivity (Wildman–Crippen MR) is 98.0 cm³/mol. The number of rotatable bonds is 4. The van der Waals surface area contributed by atoms with Crippen LogP contribution < -0.4 is 10.6 Å². The smallest absolute Gasteiger partial charge is 0.338 e. The van der Waals surface area contributed by atoms with Gasteiger partial charge >= 0.3 is 5.97 Å². The van der Waals surface area contributed by atoms with Gasteiger partial charge < -0.3 is 15.4 Å². The molecular formula is C18H19FN2O2S. The van der Waals surface area contributed by atoms with E-state index in [1.54, 1.807) is 57.2 Å². The van der Waals surface area contributed by atoms with Gasteiger partial charge in [0.1, 0.15) is 5.82 Å². The molecule has 24 heavy (non-hydrogen) atoms. The molecule has 0 aliphatic heterocycles. The summed E-state index contributed by atoms with van der Waals surface area (Å²) in [6, 6.07) is 11.6. The summed E-state index contributed by atoms with van der Waals surface area (Å²) >= 11 is 5.20. The first-order valence-corrected chi connectivity index (χ1v) is 7.91. The highest BCUT2D eigenvalue weighted by Crippen LogP contribution is 2.15. The average molecular weight is 346 g/mol. The number of carbonyl (C=O) groups is 1. The Morgan fingerprint density at radius 2 is 1.67 bits per heavy atom. The summed E-state index contributed by atoms with van der Waals surface area (Å²) in [5.74, 6) is -0.664. The number of aryl methyl sites for hydroxylation is 1. The molecule has 0 fully saturated rings. The Morgan fingerprint density at radius 3 is 2.25 bits per heavy atom. The second-order valence-corrected chi connectivity index (χ2v) is 5.98. The molecule has 0 unspecified atom stereocenters. The van der Waals surface area contributed by atoms with E-state index in [9.17, 15) is 9.18 Å². The molecule has 6 heteroatoms. The van der Waals surface area contributed by atoms with Crippen LogP contribution in [0.4, 0.5) is 15.8 Å². The van der Waals surface area contributed by atoms with Crippen molar-refractivity contribution in [3.8, 4) is 0 Å². The maximum atomic E-state index is 13.5. The Morgan fingerprint density at radius 1 is 1.08 bits per heavy atom. The van der Waals surface area contributed by atoms with Gasteiger partial charge in [0, 0.05) is 11.4 Å². The number of thiocarbonyl (C=S) groups is 1. The molecule has 0 saturated carbocycles. The van der Waals surface area contributed by atoms with E-state index in [4.69, 9.17) is 17.0 Å². The van der Waals surface area contributed by atoms with Crippen molar-refractivity contribution in [3.05, 3.63) is 59.4 Å². The zero-order valence-corrected chi connectivity index (χ0v) is 14.5. The van der Waals surface area contributed by atoms with Crippen LogP contribution in [0.15, 0.2) is 42.5 Å². The van der Waals surface area contributed by atoms with Crippen molar-refractivity contribution in [1.82, 2.24) is 0 Å². The van der Waals surface area contributed by atoms with Crippen molar-refractivity contribution in [2.75, 3.05) is 10.6 Å². The van der Waals surface area contributed by atoms with Crippen molar-refractivity contribution in [3.63, 3.8) is 0 Å². The minimum absolute atomic E-state index is 0.165. The molecule has 4 nitrogen and oxygen atoms in total. The van der Waals surface area contributed by atoms with Gasteiger partial charge in [-0.25, -0.2) is 9.18 Å². The quantitative estimate of drug-likeness (QED) is 0.630. The zero-order valence-electron chi connectivity index (χ0n) is 13.7. The van der Waals surface area contributed by atoms with Crippen molar-refractivity contribution in [2.24, 2.45) is 0 Å². The normalized spacial score (nSPS) is 10.4. The zero-order chi connectivity index (χ0) is 17.7. The fourth-order valence-corrected chi connectivity index (χ4v) is 2.17. The van der Waals surface area contributed by atoms with Gasteiger partial charge in [0.05, 0.1) is 11.7 Å². The lowest BCUT2D eigenvalue weighted by Crippen LogP contribution is -2.19. The molecule has 0 aliphatic rings. The molecule has 0 spiro atoms. The van der Waals surface area contributed by atoms with Crippen LogP contribution in [0.5, 0.6) is 0 Å². The SMILES string of the molecule is Cc1ccc(NC(=S)Nc2ccc(C(=O)OC(C)C)cc2)cc1F. The van der Waals surface area contributed by atoms with E-state index >= 15 is 0 Å². The standard InChI is InChI=1S/C18H19FN2O2S/c1-11(2)23-17(22)13-5-8-14(9-6-13)20-18(24)21-15-7-4-12(3)16(19)10-15/h4-11H,1-3H3,(H2,20,21,24). The second kappa shape index (κ2) is 7.88. The Bertz CT molecular complexity index is 745. The van der Waals surface area contributed by atoms with Crippen LogP contribution in [0.2, 0.25) is 0 Å². The first-order chi connectivity index (χ1) is 11.3. The maximum absolute atomic E-state index is 13.5. The summed E-state index contributed by atoms with van der Waals surface area (Å²) in [6.45, 7) is 5.29. The van der Waals surface area contributed by atoms with Gasteiger partial charge in [-0.3, -0.25) is 0 Å². The van der Waals surface area contributed by atoms with Gasteiger partial charge in [0.15, 0.2) is 5.11 Å². The highest BCUT2D eigenvalue weighted by Gasteiger charge is 2.09. The first-order valence-electron chi connectivity index (χ1n) is 7.50. The van der Waals surface area contributed by atoms with E-state index in [2.05, 4.69) is 10.6 Å². The first kappa shape index (κ1) is 17.9. The molecule has 0 bridgehead atoms. The molecule has 0 atom stereocenters. The Labute approximate surface area is 146 Å². The van der Waals surface area contributed by atoms with Crippen LogP contribution in [-0.2, 0) is 4.74 Å². The van der Waals surface area contributed by atoms with Crippen molar-refractivity contribution in [1.29, 1.82) is 0 Å². The molecule has 0 aromatic heterocycles. The van der Waals surface area contributed by atoms with E-state index in [-0.39, 0.29) is 17.9 Å². The van der Waals surface area contributed by atoms with Crippen LogP contribution >= 0.6 is 12.2 Å². The van der Waals surface area contributed by atoms with Crippen molar-refractivity contribution >= 4 is 34.7 Å². The predicted octanol–water partition coefficient (Wildman–Crippen LogP) is 4.51. The van der Waals surface area contributed by atoms with E-state index in [0.717, 1.165) is 0 Å². The summed E-state index contributed by atoms with van der Waals surface area (Å²) in [7, 11) is 0. The number of ether oxygens (including phenoxy) is 1. The number of anilines is 2. The molecule has 0 saturated heterocycles. The summed E-state index contributed by atoms with van der Waals surface area (Å²) in [5, 5.41) is 6.22. The number of nitrogens with one attached hydrogen (secondary N) is 2. The molecule has 0 amide bonds. The lowest BCUT2D eigenvalue weighted by atomic mass is 10.2. The molecule has 0 aliphatic carbocycles. The Hall–Kier alpha value is -2.47. The minimum atomic E-state index is -0.368. The van der Waals surface area contributed by atoms with Crippen LogP contribution in [0, 0.1) is 12.7 Å².